The summed E-state index contributed by atoms with van der Waals surface area (Å²) < 4.78 is 0. The number of carboxylic acid groups (broad SMARTS) is 1. The van der Waals surface area contributed by atoms with E-state index in [9.17, 15) is 9.59 Å². The molecule has 1 N–H and O–H groups in total. The number of Topliss-reactive ketones (excluding diaryl/α,β-unsaturated/α-hetero) is 1. The maximum atomic E-state index is 10.1. The van der Waals surface area contributed by atoms with Crippen molar-refractivity contribution in [1.82, 2.24) is 0 Å². The Morgan fingerprint density at radius 3 is 2.00 bits per heavy atom. The fourth-order valence-corrected chi connectivity index (χ4v) is 0.334. The second kappa shape index (κ2) is 6.03. The van der Waals surface area contributed by atoms with Crippen LogP contribution in [0.1, 0.15) is 19.8 Å². The molecular weight excluding hydrogens is 132 g/mol. The van der Waals surface area contributed by atoms with Crippen molar-refractivity contribution in [2.45, 2.75) is 19.8 Å². The highest BCUT2D eigenvalue weighted by Gasteiger charge is 2.07. The molecule has 0 saturated heterocycles. The molecule has 4 heteroatoms. The molecule has 0 fully saturated rings. The molecule has 0 rings (SSSR count). The van der Waals surface area contributed by atoms with Gasteiger partial charge >= 0.3 is 29.0 Å². The lowest BCUT2D eigenvalue weighted by Gasteiger charge is -1.85. The number of carboxylic acids is 1. The Labute approximate surface area is 69.6 Å². The van der Waals surface area contributed by atoms with Crippen LogP contribution >= 0.6 is 0 Å². The van der Waals surface area contributed by atoms with Crippen LogP contribution in [0.3, 0.4) is 0 Å². The fraction of sp³-hybridized carbons (Fsp3) is 0.600. The number of carbonyl (C=O) groups excluding carboxylic acids is 1. The molecule has 0 unspecified atom stereocenters. The molecule has 0 aromatic heterocycles. The number of aliphatic carboxylic acids is 1. The average Bonchev–Trinajstić information content (AvgIpc) is 1.67. The van der Waals surface area contributed by atoms with Crippen molar-refractivity contribution in [2.75, 3.05) is 0 Å². The molecule has 0 aromatic carbocycles. The van der Waals surface area contributed by atoms with E-state index in [1.54, 1.807) is 6.92 Å². The van der Waals surface area contributed by atoms with E-state index in [0.29, 0.717) is 6.42 Å². The van der Waals surface area contributed by atoms with Gasteiger partial charge in [-0.1, -0.05) is 6.92 Å². The second-order valence-corrected chi connectivity index (χ2v) is 1.48. The number of ketones is 1. The second-order valence-electron chi connectivity index (χ2n) is 1.48. The lowest BCUT2D eigenvalue weighted by molar-refractivity contribution is -0.149. The average molecular weight is 142 g/mol. The number of hydrogen-bond acceptors (Lipinski definition) is 2. The SMILES string of the molecule is CCCC(=O)C(=O)O.[MgH2]. The minimum absolute atomic E-state index is 0. The first-order valence-electron chi connectivity index (χ1n) is 2.44. The number of hydrogen-bond donors (Lipinski definition) is 1. The Morgan fingerprint density at radius 2 is 1.89 bits per heavy atom. The standard InChI is InChI=1S/C5H8O3.Mg.2H/c1-2-3-4(6)5(7)8;;;/h2-3H2,1H3,(H,7,8);;;. The Kier molecular flexibility index (Phi) is 7.82. The molecular formula is C5H10MgO3. The Balaban J connectivity index is 0. The predicted octanol–water partition coefficient (Wildman–Crippen LogP) is -0.476. The van der Waals surface area contributed by atoms with Gasteiger partial charge in [-0.15, -0.1) is 0 Å². The van der Waals surface area contributed by atoms with E-state index in [4.69, 9.17) is 5.11 Å². The number of carbonyl (C=O) groups is 2. The van der Waals surface area contributed by atoms with Gasteiger partial charge in [0.05, 0.1) is 0 Å². The highest BCUT2D eigenvalue weighted by molar-refractivity contribution is 6.32. The van der Waals surface area contributed by atoms with Crippen LogP contribution in [-0.4, -0.2) is 39.9 Å². The molecule has 0 aliphatic heterocycles. The summed E-state index contributed by atoms with van der Waals surface area (Å²) >= 11 is 0. The highest BCUT2D eigenvalue weighted by atomic mass is 24.3. The van der Waals surface area contributed by atoms with Crippen molar-refractivity contribution >= 4 is 34.8 Å². The zero-order chi connectivity index (χ0) is 6.57. The zero-order valence-electron chi connectivity index (χ0n) is 4.68. The monoisotopic (exact) mass is 142 g/mol. The number of rotatable bonds is 3. The maximum absolute atomic E-state index is 10.1. The molecule has 0 atom stereocenters. The zero-order valence-corrected chi connectivity index (χ0v) is 4.68. The van der Waals surface area contributed by atoms with E-state index in [2.05, 4.69) is 0 Å². The minimum Gasteiger partial charge on any atom is -0.476 e. The van der Waals surface area contributed by atoms with Crippen LogP contribution in [0.5, 0.6) is 0 Å². The van der Waals surface area contributed by atoms with E-state index in [0.717, 1.165) is 0 Å². The van der Waals surface area contributed by atoms with Crippen LogP contribution < -0.4 is 0 Å². The summed E-state index contributed by atoms with van der Waals surface area (Å²) in [5.74, 6) is -2.03. The fourth-order valence-electron chi connectivity index (χ4n) is 0.334. The smallest absolute Gasteiger partial charge is 0.372 e. The Bertz CT molecular complexity index is 111. The van der Waals surface area contributed by atoms with Gasteiger partial charge in [-0.3, -0.25) is 4.79 Å². The first-order chi connectivity index (χ1) is 3.68. The van der Waals surface area contributed by atoms with Crippen molar-refractivity contribution in [1.29, 1.82) is 0 Å². The molecule has 0 heterocycles. The lowest BCUT2D eigenvalue weighted by Crippen LogP contribution is -2.10. The first-order valence-corrected chi connectivity index (χ1v) is 2.44. The van der Waals surface area contributed by atoms with Gasteiger partial charge in [-0.2, -0.15) is 0 Å². The summed E-state index contributed by atoms with van der Waals surface area (Å²) in [5, 5.41) is 7.96. The summed E-state index contributed by atoms with van der Waals surface area (Å²) in [6, 6.07) is 0. The summed E-state index contributed by atoms with van der Waals surface area (Å²) in [6.45, 7) is 1.76. The molecule has 0 aliphatic carbocycles. The maximum Gasteiger partial charge on any atom is 0.372 e. The molecule has 3 nitrogen and oxygen atoms in total. The molecule has 0 spiro atoms. The van der Waals surface area contributed by atoms with Crippen molar-refractivity contribution in [2.24, 2.45) is 0 Å². The first kappa shape index (κ1) is 11.7. The van der Waals surface area contributed by atoms with Crippen molar-refractivity contribution < 1.29 is 14.7 Å². The summed E-state index contributed by atoms with van der Waals surface area (Å²) in [7, 11) is 0. The summed E-state index contributed by atoms with van der Waals surface area (Å²) in [6.07, 6.45) is 0.750. The van der Waals surface area contributed by atoms with E-state index < -0.39 is 11.8 Å². The van der Waals surface area contributed by atoms with Crippen molar-refractivity contribution in [3.05, 3.63) is 0 Å². The van der Waals surface area contributed by atoms with E-state index >= 15 is 0 Å². The van der Waals surface area contributed by atoms with Gasteiger partial charge in [0, 0.05) is 6.42 Å². The third-order valence-electron chi connectivity index (χ3n) is 0.716. The molecule has 50 valence electrons. The quantitative estimate of drug-likeness (QED) is 0.428. The molecule has 0 radical (unpaired) electrons. The topological polar surface area (TPSA) is 54.4 Å². The van der Waals surface area contributed by atoms with Crippen molar-refractivity contribution in [3.8, 4) is 0 Å². The van der Waals surface area contributed by atoms with Crippen LogP contribution in [-0.2, 0) is 9.59 Å². The van der Waals surface area contributed by atoms with Gasteiger partial charge in [0.15, 0.2) is 0 Å². The van der Waals surface area contributed by atoms with Crippen LogP contribution in [0.25, 0.3) is 0 Å². The lowest BCUT2D eigenvalue weighted by atomic mass is 10.2. The van der Waals surface area contributed by atoms with E-state index in [-0.39, 0.29) is 29.5 Å². The van der Waals surface area contributed by atoms with Crippen LogP contribution in [0.4, 0.5) is 0 Å². The van der Waals surface area contributed by atoms with Gasteiger partial charge < -0.3 is 5.11 Å². The van der Waals surface area contributed by atoms with Gasteiger partial charge in [0.2, 0.25) is 5.78 Å². The van der Waals surface area contributed by atoms with Gasteiger partial charge in [0.1, 0.15) is 0 Å². The largest absolute Gasteiger partial charge is 0.476 e. The van der Waals surface area contributed by atoms with Crippen LogP contribution in [0, 0.1) is 0 Å². The molecule has 0 aliphatic rings. The molecule has 0 saturated carbocycles. The predicted molar refractivity (Wildman–Crippen MR) is 36.1 cm³/mol. The molecule has 0 amide bonds. The molecule has 0 bridgehead atoms. The van der Waals surface area contributed by atoms with Gasteiger partial charge in [0.25, 0.3) is 0 Å². The van der Waals surface area contributed by atoms with E-state index in [1.165, 1.54) is 0 Å². The summed E-state index contributed by atoms with van der Waals surface area (Å²) in [4.78, 5) is 19.9. The van der Waals surface area contributed by atoms with Gasteiger partial charge in [-0.25, -0.2) is 4.79 Å². The highest BCUT2D eigenvalue weighted by Crippen LogP contribution is 1.87. The Hall–Kier alpha value is -0.0938. The molecule has 9 heavy (non-hydrogen) atoms. The van der Waals surface area contributed by atoms with Crippen LogP contribution in [0.15, 0.2) is 0 Å². The van der Waals surface area contributed by atoms with Crippen molar-refractivity contribution in [3.63, 3.8) is 0 Å². The summed E-state index contributed by atoms with van der Waals surface area (Å²) in [5.41, 5.74) is 0. The minimum atomic E-state index is -1.33. The third-order valence-corrected chi connectivity index (χ3v) is 0.716. The molecule has 0 aromatic rings. The van der Waals surface area contributed by atoms with Crippen LogP contribution in [0.2, 0.25) is 0 Å². The Morgan fingerprint density at radius 1 is 1.44 bits per heavy atom. The third kappa shape index (κ3) is 5.78. The normalized spacial score (nSPS) is 7.67. The van der Waals surface area contributed by atoms with Gasteiger partial charge in [-0.05, 0) is 6.42 Å². The van der Waals surface area contributed by atoms with E-state index in [1.807, 2.05) is 0 Å².